The van der Waals surface area contributed by atoms with Gasteiger partial charge < -0.3 is 53.6 Å². The number of hydrogen-bond donors (Lipinski definition) is 2. The van der Waals surface area contributed by atoms with E-state index in [2.05, 4.69) is 0 Å². The Morgan fingerprint density at radius 2 is 1.32 bits per heavy atom. The monoisotopic (exact) mass is 361 g/mol. The number of carbonyl (C=O) groups is 1. The molecule has 1 rings (SSSR count). The SMILES string of the molecule is N[C@@H](Cc1ccc(O)cc1)C(=O)[O-].[Al+3].[Al+3].[Al+3].[O-2].[O-2].[OH-].[OH-].[OH-].[OH-]. The van der Waals surface area contributed by atoms with Crippen LogP contribution in [0.1, 0.15) is 5.56 Å². The number of nitrogens with two attached hydrogens (primary N) is 1. The molecule has 1 aromatic rings. The standard InChI is InChI=1S/C9H11NO3.3Al.4H2O.2O/c10-8(9(12)13)5-6-1-3-7(11)4-2-6;;;;;;;;;/h1-4,8,11H,5,10H2,(H,12,13);;;;4*1H2;;/q;3*+3;;;;;2*-2/p-5/t8-;;;;;;;;;/m0........./s1. The Bertz CT molecular complexity index is 316. The number of aliphatic carboxylic acids is 1. The van der Waals surface area contributed by atoms with Gasteiger partial charge in [-0.25, -0.2) is 0 Å². The minimum absolute atomic E-state index is 0. The van der Waals surface area contributed by atoms with E-state index in [1.165, 1.54) is 12.1 Å². The Labute approximate surface area is 159 Å². The second-order valence-electron chi connectivity index (χ2n) is 2.80. The van der Waals surface area contributed by atoms with E-state index in [0.29, 0.717) is 0 Å². The van der Waals surface area contributed by atoms with Gasteiger partial charge in [0.1, 0.15) is 5.75 Å². The van der Waals surface area contributed by atoms with Crippen LogP contribution in [0.3, 0.4) is 0 Å². The molecule has 0 aromatic heterocycles. The van der Waals surface area contributed by atoms with E-state index in [4.69, 9.17) is 10.8 Å². The van der Waals surface area contributed by atoms with Crippen LogP contribution in [0.25, 0.3) is 0 Å². The summed E-state index contributed by atoms with van der Waals surface area (Å²) in [7, 11) is 0. The van der Waals surface area contributed by atoms with Crippen molar-refractivity contribution in [2.24, 2.45) is 5.73 Å². The Balaban J connectivity index is -0.0000000268. The van der Waals surface area contributed by atoms with E-state index < -0.39 is 12.0 Å². The largest absolute Gasteiger partial charge is 3.00 e. The minimum Gasteiger partial charge on any atom is -2.00 e. The fourth-order valence-corrected chi connectivity index (χ4v) is 0.969. The predicted octanol–water partition coefficient (Wildman–Crippen LogP) is -3.08. The third-order valence-corrected chi connectivity index (χ3v) is 1.69. The van der Waals surface area contributed by atoms with Crippen molar-refractivity contribution in [1.29, 1.82) is 0 Å². The molecule has 10 nitrogen and oxygen atoms in total. The summed E-state index contributed by atoms with van der Waals surface area (Å²) in [5, 5.41) is 19.2. The topological polar surface area (TPSA) is 263 Å². The van der Waals surface area contributed by atoms with Crippen molar-refractivity contribution in [2.75, 3.05) is 0 Å². The van der Waals surface area contributed by atoms with Crippen LogP contribution >= 0.6 is 0 Å². The first-order chi connectivity index (χ1) is 6.09. The van der Waals surface area contributed by atoms with E-state index in [1.54, 1.807) is 12.1 Å². The molecule has 118 valence electrons. The van der Waals surface area contributed by atoms with Gasteiger partial charge in [0.05, 0.1) is 5.97 Å². The molecule has 0 bridgehead atoms. The van der Waals surface area contributed by atoms with Gasteiger partial charge in [0, 0.05) is 6.04 Å². The van der Waals surface area contributed by atoms with Gasteiger partial charge >= 0.3 is 52.1 Å². The van der Waals surface area contributed by atoms with Crippen LogP contribution in [0.4, 0.5) is 0 Å². The summed E-state index contributed by atoms with van der Waals surface area (Å²) in [5.41, 5.74) is 6.02. The number of rotatable bonds is 3. The van der Waals surface area contributed by atoms with Crippen LogP contribution in [-0.2, 0) is 22.2 Å². The fraction of sp³-hybridized carbons (Fsp3) is 0.222. The summed E-state index contributed by atoms with van der Waals surface area (Å²) in [6, 6.07) is 5.22. The smallest absolute Gasteiger partial charge is 2.00 e. The number of carboxylic acid groups (broad SMARTS) is 1. The van der Waals surface area contributed by atoms with Crippen molar-refractivity contribution in [3.8, 4) is 5.75 Å². The molecule has 0 aliphatic heterocycles. The number of benzene rings is 1. The zero-order valence-corrected chi connectivity index (χ0v) is 14.7. The van der Waals surface area contributed by atoms with Gasteiger partial charge in [-0.15, -0.1) is 0 Å². The van der Waals surface area contributed by atoms with Crippen LogP contribution in [0.2, 0.25) is 0 Å². The summed E-state index contributed by atoms with van der Waals surface area (Å²) in [5.74, 6) is -1.13. The Morgan fingerprint density at radius 3 is 1.59 bits per heavy atom. The zero-order valence-electron chi connectivity index (χ0n) is 11.3. The second kappa shape index (κ2) is 28.9. The molecule has 0 saturated carbocycles. The van der Waals surface area contributed by atoms with Gasteiger partial charge in [0.25, 0.3) is 0 Å². The molecule has 22 heavy (non-hydrogen) atoms. The molecule has 13 heteroatoms. The third-order valence-electron chi connectivity index (χ3n) is 1.69. The first-order valence-electron chi connectivity index (χ1n) is 3.84. The first kappa shape index (κ1) is 57.6. The van der Waals surface area contributed by atoms with E-state index in [1.807, 2.05) is 0 Å². The maximum Gasteiger partial charge on any atom is 3.00 e. The van der Waals surface area contributed by atoms with Gasteiger partial charge in [0.15, 0.2) is 0 Å². The molecule has 0 aliphatic rings. The number of carboxylic acids is 1. The molecule has 0 radical (unpaired) electrons. The van der Waals surface area contributed by atoms with Gasteiger partial charge in [-0.1, -0.05) is 12.1 Å². The van der Waals surface area contributed by atoms with E-state index in [0.717, 1.165) is 5.56 Å². The van der Waals surface area contributed by atoms with Gasteiger partial charge in [0.2, 0.25) is 0 Å². The van der Waals surface area contributed by atoms with Crippen LogP contribution in [0.5, 0.6) is 5.75 Å². The maximum absolute atomic E-state index is 10.3. The Kier molecular flexibility index (Phi) is 75.6. The molecule has 0 fully saturated rings. The summed E-state index contributed by atoms with van der Waals surface area (Å²) >= 11 is 0. The van der Waals surface area contributed by atoms with Crippen LogP contribution in [0, 0.1) is 0 Å². The van der Waals surface area contributed by atoms with Crippen molar-refractivity contribution in [1.82, 2.24) is 0 Å². The number of phenols is 1. The quantitative estimate of drug-likeness (QED) is 0.520. The van der Waals surface area contributed by atoms with Gasteiger partial charge in [-0.2, -0.15) is 0 Å². The Hall–Kier alpha value is -0.193. The molecule has 0 heterocycles. The van der Waals surface area contributed by atoms with Crippen molar-refractivity contribution in [2.45, 2.75) is 12.5 Å². The summed E-state index contributed by atoms with van der Waals surface area (Å²) in [6.07, 6.45) is 0.211. The molecule has 0 spiro atoms. The number of phenolic OH excluding ortho intramolecular Hbond substituents is 1. The number of hydrogen-bond acceptors (Lipinski definition) is 8. The molecule has 0 amide bonds. The molecule has 1 aromatic carbocycles. The van der Waals surface area contributed by atoms with E-state index in [-0.39, 0.29) is 97.1 Å². The fourth-order valence-electron chi connectivity index (χ4n) is 0.969. The maximum atomic E-state index is 10.3. The van der Waals surface area contributed by atoms with Crippen molar-refractivity contribution in [3.05, 3.63) is 29.8 Å². The number of aromatic hydroxyl groups is 1. The summed E-state index contributed by atoms with van der Waals surface area (Å²) < 4.78 is 0. The zero-order chi connectivity index (χ0) is 9.84. The average molecular weight is 361 g/mol. The first-order valence-corrected chi connectivity index (χ1v) is 3.84. The van der Waals surface area contributed by atoms with Gasteiger partial charge in [-0.3, -0.25) is 0 Å². The number of carbonyl (C=O) groups excluding carboxylic acids is 1. The normalized spacial score (nSPS) is 7.32. The van der Waals surface area contributed by atoms with Crippen LogP contribution < -0.4 is 10.8 Å². The summed E-state index contributed by atoms with van der Waals surface area (Å²) in [6.45, 7) is 0. The predicted molar refractivity (Wildman–Crippen MR) is 71.2 cm³/mol. The van der Waals surface area contributed by atoms with E-state index in [9.17, 15) is 9.90 Å². The van der Waals surface area contributed by atoms with Crippen molar-refractivity contribution in [3.63, 3.8) is 0 Å². The minimum atomic E-state index is -1.27. The average Bonchev–Trinajstić information content (AvgIpc) is 2.08. The second-order valence-corrected chi connectivity index (χ2v) is 2.80. The van der Waals surface area contributed by atoms with Crippen LogP contribution in [-0.4, -0.2) is 91.1 Å². The summed E-state index contributed by atoms with van der Waals surface area (Å²) in [4.78, 5) is 10.3. The van der Waals surface area contributed by atoms with Crippen molar-refractivity contribution >= 4 is 58.1 Å². The van der Waals surface area contributed by atoms with Crippen molar-refractivity contribution < 1.29 is 47.9 Å². The molecule has 0 saturated heterocycles. The third kappa shape index (κ3) is 22.1. The molecule has 0 unspecified atom stereocenters. The molecule has 7 N–H and O–H groups in total. The Morgan fingerprint density at radius 1 is 1.00 bits per heavy atom. The molecular weight excluding hydrogens is 347 g/mol. The molecule has 1 atom stereocenters. The molecule has 0 aliphatic carbocycles. The van der Waals surface area contributed by atoms with E-state index >= 15 is 0 Å². The van der Waals surface area contributed by atoms with Crippen LogP contribution in [0.15, 0.2) is 24.3 Å². The molecular formula is C9H14Al3NO9. The van der Waals surface area contributed by atoms with Gasteiger partial charge in [-0.05, 0) is 24.1 Å².